The van der Waals surface area contributed by atoms with Gasteiger partial charge in [0.15, 0.2) is 0 Å². The molecule has 0 aromatic carbocycles. The van der Waals surface area contributed by atoms with Gasteiger partial charge >= 0.3 is 0 Å². The average molecular weight is 262 g/mol. The number of carbonyl (C=O) groups excluding carboxylic acids is 1. The standard InChI is InChI=1S/C14H22N4O/c1-17-5-7-18(8-6-17)14(19)13(10-15)9-12-3-2-4-16-11-12/h2-4,11,13H,5-10,15H2,1H3. The van der Waals surface area contributed by atoms with Gasteiger partial charge in [0.25, 0.3) is 0 Å². The number of nitrogens with zero attached hydrogens (tertiary/aromatic N) is 3. The summed E-state index contributed by atoms with van der Waals surface area (Å²) in [5.74, 6) is 0.0482. The molecule has 1 atom stereocenters. The normalized spacial score (nSPS) is 18.3. The molecule has 104 valence electrons. The van der Waals surface area contributed by atoms with Gasteiger partial charge in [-0.3, -0.25) is 9.78 Å². The molecule has 2 N–H and O–H groups in total. The van der Waals surface area contributed by atoms with E-state index in [1.807, 2.05) is 17.0 Å². The minimum Gasteiger partial charge on any atom is -0.340 e. The molecule has 0 radical (unpaired) electrons. The molecule has 2 heterocycles. The van der Waals surface area contributed by atoms with Crippen molar-refractivity contribution in [1.29, 1.82) is 0 Å². The molecule has 0 bridgehead atoms. The van der Waals surface area contributed by atoms with Crippen LogP contribution < -0.4 is 5.73 Å². The van der Waals surface area contributed by atoms with E-state index in [1.165, 1.54) is 0 Å². The Hall–Kier alpha value is -1.46. The fourth-order valence-corrected chi connectivity index (χ4v) is 2.36. The monoisotopic (exact) mass is 262 g/mol. The maximum absolute atomic E-state index is 12.4. The predicted octanol–water partition coefficient (Wildman–Crippen LogP) is -0.0270. The lowest BCUT2D eigenvalue weighted by molar-refractivity contribution is -0.136. The number of pyridine rings is 1. The number of aromatic nitrogens is 1. The second-order valence-corrected chi connectivity index (χ2v) is 5.13. The van der Waals surface area contributed by atoms with Crippen LogP contribution in [0.5, 0.6) is 0 Å². The smallest absolute Gasteiger partial charge is 0.227 e. The van der Waals surface area contributed by atoms with Crippen molar-refractivity contribution >= 4 is 5.91 Å². The third-order valence-electron chi connectivity index (χ3n) is 3.65. The number of hydrogen-bond acceptors (Lipinski definition) is 4. The lowest BCUT2D eigenvalue weighted by Gasteiger charge is -2.34. The van der Waals surface area contributed by atoms with Crippen molar-refractivity contribution in [1.82, 2.24) is 14.8 Å². The zero-order valence-electron chi connectivity index (χ0n) is 11.5. The van der Waals surface area contributed by atoms with Gasteiger partial charge in [0.05, 0.1) is 5.92 Å². The first-order chi connectivity index (χ1) is 9.20. The Morgan fingerprint density at radius 3 is 2.74 bits per heavy atom. The van der Waals surface area contributed by atoms with Crippen LogP contribution in [0.25, 0.3) is 0 Å². The molecular weight excluding hydrogens is 240 g/mol. The molecule has 1 amide bonds. The van der Waals surface area contributed by atoms with Gasteiger partial charge in [0.1, 0.15) is 0 Å². The molecule has 1 unspecified atom stereocenters. The highest BCUT2D eigenvalue weighted by Gasteiger charge is 2.25. The zero-order chi connectivity index (χ0) is 13.7. The molecule has 19 heavy (non-hydrogen) atoms. The summed E-state index contributed by atoms with van der Waals surface area (Å²) in [5.41, 5.74) is 6.85. The molecular formula is C14H22N4O. The van der Waals surface area contributed by atoms with E-state index in [4.69, 9.17) is 5.73 Å². The molecule has 5 nitrogen and oxygen atoms in total. The van der Waals surface area contributed by atoms with Crippen molar-refractivity contribution in [2.24, 2.45) is 11.7 Å². The average Bonchev–Trinajstić information content (AvgIpc) is 2.46. The van der Waals surface area contributed by atoms with Crippen LogP contribution in [-0.2, 0) is 11.2 Å². The number of nitrogens with two attached hydrogens (primary N) is 1. The van der Waals surface area contributed by atoms with E-state index in [2.05, 4.69) is 16.9 Å². The van der Waals surface area contributed by atoms with Gasteiger partial charge in [-0.25, -0.2) is 0 Å². The maximum Gasteiger partial charge on any atom is 0.227 e. The summed E-state index contributed by atoms with van der Waals surface area (Å²) in [6, 6.07) is 3.89. The van der Waals surface area contributed by atoms with Crippen LogP contribution in [0.3, 0.4) is 0 Å². The van der Waals surface area contributed by atoms with E-state index >= 15 is 0 Å². The highest BCUT2D eigenvalue weighted by Crippen LogP contribution is 2.12. The zero-order valence-corrected chi connectivity index (χ0v) is 11.5. The molecule has 1 saturated heterocycles. The van der Waals surface area contributed by atoms with Crippen LogP contribution in [0.2, 0.25) is 0 Å². The van der Waals surface area contributed by atoms with Gasteiger partial charge in [0.2, 0.25) is 5.91 Å². The number of likely N-dealkylation sites (N-methyl/N-ethyl adjacent to an activating group) is 1. The van der Waals surface area contributed by atoms with Gasteiger partial charge in [-0.2, -0.15) is 0 Å². The molecule has 1 aliphatic heterocycles. The maximum atomic E-state index is 12.4. The lowest BCUT2D eigenvalue weighted by atomic mass is 9.99. The molecule has 0 spiro atoms. The minimum absolute atomic E-state index is 0.132. The summed E-state index contributed by atoms with van der Waals surface area (Å²) in [7, 11) is 2.08. The van der Waals surface area contributed by atoms with Crippen LogP contribution in [0.1, 0.15) is 5.56 Å². The van der Waals surface area contributed by atoms with Gasteiger partial charge in [-0.05, 0) is 25.1 Å². The van der Waals surface area contributed by atoms with E-state index in [9.17, 15) is 4.79 Å². The number of carbonyl (C=O) groups is 1. The summed E-state index contributed by atoms with van der Waals surface area (Å²) in [5, 5.41) is 0. The van der Waals surface area contributed by atoms with Crippen LogP contribution in [-0.4, -0.2) is 60.5 Å². The van der Waals surface area contributed by atoms with E-state index in [-0.39, 0.29) is 11.8 Å². The molecule has 1 fully saturated rings. The van der Waals surface area contributed by atoms with Crippen LogP contribution in [0.4, 0.5) is 0 Å². The third kappa shape index (κ3) is 3.75. The number of amides is 1. The molecule has 1 aromatic heterocycles. The Kier molecular flexibility index (Phi) is 4.87. The summed E-state index contributed by atoms with van der Waals surface area (Å²) < 4.78 is 0. The Morgan fingerprint density at radius 1 is 1.42 bits per heavy atom. The van der Waals surface area contributed by atoms with Crippen LogP contribution >= 0.6 is 0 Å². The SMILES string of the molecule is CN1CCN(C(=O)C(CN)Cc2cccnc2)CC1. The van der Waals surface area contributed by atoms with Crippen molar-refractivity contribution < 1.29 is 4.79 Å². The quantitative estimate of drug-likeness (QED) is 0.828. The summed E-state index contributed by atoms with van der Waals surface area (Å²) in [4.78, 5) is 20.7. The summed E-state index contributed by atoms with van der Waals surface area (Å²) >= 11 is 0. The molecule has 1 aliphatic rings. The highest BCUT2D eigenvalue weighted by molar-refractivity contribution is 5.79. The Morgan fingerprint density at radius 2 is 2.16 bits per heavy atom. The third-order valence-corrected chi connectivity index (χ3v) is 3.65. The Balaban J connectivity index is 1.95. The van der Waals surface area contributed by atoms with Crippen molar-refractivity contribution in [3.63, 3.8) is 0 Å². The van der Waals surface area contributed by atoms with E-state index in [0.29, 0.717) is 13.0 Å². The van der Waals surface area contributed by atoms with E-state index < -0.39 is 0 Å². The van der Waals surface area contributed by atoms with Crippen LogP contribution in [0.15, 0.2) is 24.5 Å². The van der Waals surface area contributed by atoms with Crippen molar-refractivity contribution in [3.05, 3.63) is 30.1 Å². The van der Waals surface area contributed by atoms with Gasteiger partial charge < -0.3 is 15.5 Å². The lowest BCUT2D eigenvalue weighted by Crippen LogP contribution is -2.50. The summed E-state index contributed by atoms with van der Waals surface area (Å²) in [6.07, 6.45) is 4.22. The highest BCUT2D eigenvalue weighted by atomic mass is 16.2. The van der Waals surface area contributed by atoms with Gasteiger partial charge in [-0.1, -0.05) is 6.07 Å². The Bertz CT molecular complexity index is 401. The van der Waals surface area contributed by atoms with Crippen molar-refractivity contribution in [2.75, 3.05) is 39.8 Å². The number of piperazine rings is 1. The second-order valence-electron chi connectivity index (χ2n) is 5.13. The van der Waals surface area contributed by atoms with E-state index in [1.54, 1.807) is 12.4 Å². The fourth-order valence-electron chi connectivity index (χ4n) is 2.36. The van der Waals surface area contributed by atoms with Crippen molar-refractivity contribution in [2.45, 2.75) is 6.42 Å². The second kappa shape index (κ2) is 6.63. The summed E-state index contributed by atoms with van der Waals surface area (Å²) in [6.45, 7) is 3.88. The number of hydrogen-bond donors (Lipinski definition) is 1. The fraction of sp³-hybridized carbons (Fsp3) is 0.571. The first-order valence-electron chi connectivity index (χ1n) is 6.77. The number of rotatable bonds is 4. The predicted molar refractivity (Wildman–Crippen MR) is 74.6 cm³/mol. The molecule has 0 aliphatic carbocycles. The molecule has 1 aromatic rings. The Labute approximate surface area is 114 Å². The van der Waals surface area contributed by atoms with Gasteiger partial charge in [0, 0.05) is 45.1 Å². The topological polar surface area (TPSA) is 62.5 Å². The van der Waals surface area contributed by atoms with E-state index in [0.717, 1.165) is 31.7 Å². The minimum atomic E-state index is -0.132. The molecule has 0 saturated carbocycles. The van der Waals surface area contributed by atoms with Gasteiger partial charge in [-0.15, -0.1) is 0 Å². The largest absolute Gasteiger partial charge is 0.340 e. The van der Waals surface area contributed by atoms with Crippen LogP contribution in [0, 0.1) is 5.92 Å². The first kappa shape index (κ1) is 14.0. The van der Waals surface area contributed by atoms with Crippen molar-refractivity contribution in [3.8, 4) is 0 Å². The molecule has 5 heteroatoms. The first-order valence-corrected chi connectivity index (χ1v) is 6.77. The molecule has 2 rings (SSSR count).